The topological polar surface area (TPSA) is 85.1 Å². The summed E-state index contributed by atoms with van der Waals surface area (Å²) in [6, 6.07) is 13.8. The Balaban J connectivity index is 1.86. The van der Waals surface area contributed by atoms with E-state index in [2.05, 4.69) is 20.3 Å². The molecular weight excluding hydrogens is 301 g/mol. The van der Waals surface area contributed by atoms with Crippen molar-refractivity contribution in [2.75, 3.05) is 5.32 Å². The molecule has 0 saturated heterocycles. The Morgan fingerprint density at radius 1 is 0.957 bits per heavy atom. The molecule has 0 radical (unpaired) electrons. The van der Waals surface area contributed by atoms with Gasteiger partial charge in [-0.05, 0) is 22.4 Å². The van der Waals surface area contributed by atoms with Gasteiger partial charge < -0.3 is 5.32 Å². The molecule has 23 heavy (non-hydrogen) atoms. The zero-order chi connectivity index (χ0) is 16.2. The number of benzene rings is 2. The van der Waals surface area contributed by atoms with Gasteiger partial charge in [-0.3, -0.25) is 9.59 Å². The Morgan fingerprint density at radius 3 is 2.39 bits per heavy atom. The Hall–Kier alpha value is -3.35. The van der Waals surface area contributed by atoms with Gasteiger partial charge in [0.2, 0.25) is 11.6 Å². The van der Waals surface area contributed by atoms with Gasteiger partial charge in [0.25, 0.3) is 5.91 Å². The van der Waals surface area contributed by atoms with E-state index in [-0.39, 0.29) is 17.1 Å². The number of carbonyl (C=O) groups is 2. The molecule has 6 nitrogen and oxygen atoms in total. The molecule has 0 aliphatic rings. The van der Waals surface area contributed by atoms with Crippen molar-refractivity contribution in [3.8, 4) is 0 Å². The summed E-state index contributed by atoms with van der Waals surface area (Å²) in [5.74, 6) is -2.05. The summed E-state index contributed by atoms with van der Waals surface area (Å²) < 4.78 is 18.1. The van der Waals surface area contributed by atoms with Crippen LogP contribution < -0.4 is 5.32 Å². The van der Waals surface area contributed by atoms with Gasteiger partial charge in [-0.2, -0.15) is 0 Å². The van der Waals surface area contributed by atoms with E-state index in [1.54, 1.807) is 30.3 Å². The highest BCUT2D eigenvalue weighted by molar-refractivity contribution is 6.13. The van der Waals surface area contributed by atoms with Crippen LogP contribution in [0, 0.1) is 5.82 Å². The predicted molar refractivity (Wildman–Crippen MR) is 78.5 cm³/mol. The molecule has 0 atom stereocenters. The van der Waals surface area contributed by atoms with Crippen LogP contribution in [0.4, 0.5) is 10.2 Å². The lowest BCUT2D eigenvalue weighted by atomic mass is 10.1. The first kappa shape index (κ1) is 14.6. The van der Waals surface area contributed by atoms with Gasteiger partial charge in [0.1, 0.15) is 5.82 Å². The molecule has 1 amide bonds. The quantitative estimate of drug-likeness (QED) is 0.749. The molecule has 3 rings (SSSR count). The number of nitrogens with one attached hydrogen (secondary N) is 1. The van der Waals surface area contributed by atoms with Crippen LogP contribution in [0.3, 0.4) is 0 Å². The molecule has 114 valence electrons. The van der Waals surface area contributed by atoms with Crippen LogP contribution in [0.25, 0.3) is 0 Å². The summed E-state index contributed by atoms with van der Waals surface area (Å²) in [4.78, 5) is 24.4. The lowest BCUT2D eigenvalue weighted by Crippen LogP contribution is -2.16. The molecule has 0 aliphatic carbocycles. The number of amides is 1. The van der Waals surface area contributed by atoms with E-state index in [4.69, 9.17) is 0 Å². The van der Waals surface area contributed by atoms with Crippen molar-refractivity contribution in [1.29, 1.82) is 0 Å². The molecule has 1 aromatic heterocycles. The SMILES string of the molecule is O=C(Nc1nonc1C(=O)c1ccccc1)c1ccccc1F. The zero-order valence-corrected chi connectivity index (χ0v) is 11.7. The first-order chi connectivity index (χ1) is 11.2. The minimum atomic E-state index is -0.749. The third-order valence-corrected chi connectivity index (χ3v) is 3.09. The highest BCUT2D eigenvalue weighted by Gasteiger charge is 2.22. The van der Waals surface area contributed by atoms with Crippen molar-refractivity contribution in [2.24, 2.45) is 0 Å². The standard InChI is InChI=1S/C16H10FN3O3/c17-12-9-5-4-8-11(12)16(22)18-15-13(19-23-20-15)14(21)10-6-2-1-3-7-10/h1-9H,(H,18,20,22). The molecule has 2 aromatic carbocycles. The first-order valence-electron chi connectivity index (χ1n) is 6.65. The molecule has 0 saturated carbocycles. The Bertz CT molecular complexity index is 862. The molecule has 0 unspecified atom stereocenters. The van der Waals surface area contributed by atoms with E-state index in [0.29, 0.717) is 5.56 Å². The predicted octanol–water partition coefficient (Wildman–Crippen LogP) is 2.69. The fourth-order valence-electron chi connectivity index (χ4n) is 1.97. The van der Waals surface area contributed by atoms with Crippen LogP contribution in [-0.4, -0.2) is 22.0 Å². The number of halogens is 1. The Kier molecular flexibility index (Phi) is 3.92. The van der Waals surface area contributed by atoms with Crippen LogP contribution >= 0.6 is 0 Å². The molecule has 3 aromatic rings. The van der Waals surface area contributed by atoms with Gasteiger partial charge >= 0.3 is 0 Å². The van der Waals surface area contributed by atoms with Crippen LogP contribution in [0.15, 0.2) is 59.2 Å². The van der Waals surface area contributed by atoms with Gasteiger partial charge in [-0.15, -0.1) is 0 Å². The molecule has 0 aliphatic heterocycles. The van der Waals surface area contributed by atoms with Gasteiger partial charge in [-0.25, -0.2) is 9.02 Å². The van der Waals surface area contributed by atoms with Crippen molar-refractivity contribution in [3.05, 3.63) is 77.2 Å². The van der Waals surface area contributed by atoms with E-state index in [0.717, 1.165) is 6.07 Å². The molecule has 0 spiro atoms. The summed E-state index contributed by atoms with van der Waals surface area (Å²) in [5, 5.41) is 9.35. The zero-order valence-electron chi connectivity index (χ0n) is 11.7. The van der Waals surface area contributed by atoms with E-state index < -0.39 is 17.5 Å². The molecule has 0 fully saturated rings. The number of hydrogen-bond donors (Lipinski definition) is 1. The Labute approximate surface area is 129 Å². The number of carbonyl (C=O) groups excluding carboxylic acids is 2. The smallest absolute Gasteiger partial charge is 0.259 e. The summed E-state index contributed by atoms with van der Waals surface area (Å²) in [6.45, 7) is 0. The van der Waals surface area contributed by atoms with Gasteiger partial charge in [0, 0.05) is 5.56 Å². The second kappa shape index (κ2) is 6.18. The monoisotopic (exact) mass is 311 g/mol. The maximum atomic E-state index is 13.6. The fraction of sp³-hybridized carbons (Fsp3) is 0. The molecule has 1 heterocycles. The molecule has 0 bridgehead atoms. The Morgan fingerprint density at radius 2 is 1.65 bits per heavy atom. The minimum Gasteiger partial charge on any atom is -0.302 e. The molecular formula is C16H10FN3O3. The third kappa shape index (κ3) is 2.98. The number of rotatable bonds is 4. The lowest BCUT2D eigenvalue weighted by molar-refractivity contribution is 0.102. The summed E-state index contributed by atoms with van der Waals surface area (Å²) >= 11 is 0. The first-order valence-corrected chi connectivity index (χ1v) is 6.65. The maximum Gasteiger partial charge on any atom is 0.259 e. The third-order valence-electron chi connectivity index (χ3n) is 3.09. The van der Waals surface area contributed by atoms with Crippen molar-refractivity contribution >= 4 is 17.5 Å². The summed E-state index contributed by atoms with van der Waals surface area (Å²) in [5.41, 5.74) is 0.0408. The molecule has 7 heteroatoms. The fourth-order valence-corrected chi connectivity index (χ4v) is 1.97. The summed E-state index contributed by atoms with van der Waals surface area (Å²) in [6.07, 6.45) is 0. The van der Waals surface area contributed by atoms with E-state index in [1.165, 1.54) is 18.2 Å². The average Bonchev–Trinajstić information content (AvgIpc) is 3.03. The van der Waals surface area contributed by atoms with E-state index in [9.17, 15) is 14.0 Å². The van der Waals surface area contributed by atoms with Gasteiger partial charge in [0.15, 0.2) is 5.69 Å². The number of anilines is 1. The van der Waals surface area contributed by atoms with Gasteiger partial charge in [-0.1, -0.05) is 42.5 Å². The minimum absolute atomic E-state index is 0.152. The average molecular weight is 311 g/mol. The second-order valence-electron chi connectivity index (χ2n) is 4.59. The van der Waals surface area contributed by atoms with Crippen LogP contribution in [0.1, 0.15) is 26.4 Å². The maximum absolute atomic E-state index is 13.6. The van der Waals surface area contributed by atoms with Crippen LogP contribution in [0.2, 0.25) is 0 Å². The number of hydrogen-bond acceptors (Lipinski definition) is 5. The number of nitrogens with zero attached hydrogens (tertiary/aromatic N) is 2. The van der Waals surface area contributed by atoms with Crippen molar-refractivity contribution < 1.29 is 18.6 Å². The highest BCUT2D eigenvalue weighted by Crippen LogP contribution is 2.17. The lowest BCUT2D eigenvalue weighted by Gasteiger charge is -2.03. The molecule has 1 N–H and O–H groups in total. The van der Waals surface area contributed by atoms with Crippen molar-refractivity contribution in [1.82, 2.24) is 10.3 Å². The number of ketones is 1. The van der Waals surface area contributed by atoms with E-state index in [1.807, 2.05) is 0 Å². The van der Waals surface area contributed by atoms with Gasteiger partial charge in [0.05, 0.1) is 5.56 Å². The van der Waals surface area contributed by atoms with E-state index >= 15 is 0 Å². The number of aromatic nitrogens is 2. The van der Waals surface area contributed by atoms with Crippen molar-refractivity contribution in [3.63, 3.8) is 0 Å². The highest BCUT2D eigenvalue weighted by atomic mass is 19.1. The second-order valence-corrected chi connectivity index (χ2v) is 4.59. The van der Waals surface area contributed by atoms with Crippen molar-refractivity contribution in [2.45, 2.75) is 0 Å². The van der Waals surface area contributed by atoms with Crippen LogP contribution in [0.5, 0.6) is 0 Å². The van der Waals surface area contributed by atoms with Crippen LogP contribution in [-0.2, 0) is 0 Å². The normalized spacial score (nSPS) is 10.3. The summed E-state index contributed by atoms with van der Waals surface area (Å²) in [7, 11) is 0. The largest absolute Gasteiger partial charge is 0.302 e.